The number of hydrogen-bond donors (Lipinski definition) is 0. The van der Waals surface area contributed by atoms with Crippen LogP contribution in [0.1, 0.15) is 16.7 Å². The number of rotatable bonds is 3. The van der Waals surface area contributed by atoms with E-state index in [0.717, 1.165) is 6.42 Å². The van der Waals surface area contributed by atoms with E-state index in [-0.39, 0.29) is 5.48 Å². The summed E-state index contributed by atoms with van der Waals surface area (Å²) < 4.78 is 0. The first-order valence-electron chi connectivity index (χ1n) is 7.01. The van der Waals surface area contributed by atoms with E-state index in [1.807, 2.05) is 0 Å². The third-order valence-corrected chi connectivity index (χ3v) is 3.56. The first kappa shape index (κ1) is 15.0. The van der Waals surface area contributed by atoms with E-state index in [1.54, 1.807) is 0 Å². The van der Waals surface area contributed by atoms with Gasteiger partial charge in [0.2, 0.25) is 0 Å². The molecule has 3 aromatic carbocycles. The van der Waals surface area contributed by atoms with Crippen molar-refractivity contribution in [2.45, 2.75) is 13.3 Å². The quantitative estimate of drug-likeness (QED) is 0.678. The van der Waals surface area contributed by atoms with Crippen LogP contribution in [-0.4, -0.2) is 5.48 Å². The normalized spacial score (nSPS) is 9.95. The van der Waals surface area contributed by atoms with E-state index in [2.05, 4.69) is 85.8 Å². The summed E-state index contributed by atoms with van der Waals surface area (Å²) in [6.45, 7) is 2.12. The van der Waals surface area contributed by atoms with Crippen molar-refractivity contribution in [3.8, 4) is 11.1 Å². The molecule has 0 aliphatic rings. The highest BCUT2D eigenvalue weighted by atomic mass is 16.0. The van der Waals surface area contributed by atoms with Gasteiger partial charge < -0.3 is 5.48 Å². The van der Waals surface area contributed by atoms with Gasteiger partial charge in [0, 0.05) is 0 Å². The van der Waals surface area contributed by atoms with Crippen LogP contribution in [0, 0.1) is 6.92 Å². The molecule has 1 heteroatoms. The molecule has 3 rings (SSSR count). The molecule has 1 nitrogen and oxygen atoms in total. The number of hydrogen-bond acceptors (Lipinski definition) is 0. The van der Waals surface area contributed by atoms with E-state index in [0.29, 0.717) is 0 Å². The highest BCUT2D eigenvalue weighted by Gasteiger charge is 2.00. The molecule has 0 saturated heterocycles. The van der Waals surface area contributed by atoms with Crippen molar-refractivity contribution in [1.82, 2.24) is 0 Å². The van der Waals surface area contributed by atoms with E-state index in [1.165, 1.54) is 27.8 Å². The molecule has 0 unspecified atom stereocenters. The zero-order valence-electron chi connectivity index (χ0n) is 12.2. The SMILES string of the molecule is Cc1ccc(-c2cccc(Cc3ccccc3)c2)cc1.O. The van der Waals surface area contributed by atoms with Gasteiger partial charge in [0.15, 0.2) is 0 Å². The van der Waals surface area contributed by atoms with E-state index in [4.69, 9.17) is 0 Å². The van der Waals surface area contributed by atoms with E-state index >= 15 is 0 Å². The first-order chi connectivity index (χ1) is 9.81. The second kappa shape index (κ2) is 6.87. The molecular formula is C20H20O. The fourth-order valence-corrected chi connectivity index (χ4v) is 2.44. The Morgan fingerprint density at radius 3 is 2.00 bits per heavy atom. The molecule has 0 aromatic heterocycles. The van der Waals surface area contributed by atoms with Crippen molar-refractivity contribution >= 4 is 0 Å². The maximum Gasteiger partial charge on any atom is -0.00256 e. The Balaban J connectivity index is 0.00000161. The van der Waals surface area contributed by atoms with Crippen LogP contribution in [0.3, 0.4) is 0 Å². The molecule has 0 bridgehead atoms. The van der Waals surface area contributed by atoms with Gasteiger partial charge in [0.05, 0.1) is 0 Å². The molecule has 0 fully saturated rings. The van der Waals surface area contributed by atoms with Gasteiger partial charge in [0.1, 0.15) is 0 Å². The average Bonchev–Trinajstić information content (AvgIpc) is 2.49. The maximum atomic E-state index is 2.29. The minimum Gasteiger partial charge on any atom is -0.412 e. The highest BCUT2D eigenvalue weighted by molar-refractivity contribution is 5.64. The van der Waals surface area contributed by atoms with Gasteiger partial charge in [0.25, 0.3) is 0 Å². The summed E-state index contributed by atoms with van der Waals surface area (Å²) in [4.78, 5) is 0. The van der Waals surface area contributed by atoms with Crippen molar-refractivity contribution in [2.75, 3.05) is 0 Å². The predicted molar refractivity (Wildman–Crippen MR) is 89.5 cm³/mol. The standard InChI is InChI=1S/C20H18.H2O/c1-16-10-12-19(13-11-16)20-9-5-8-18(15-20)14-17-6-3-2-4-7-17;/h2-13,15H,14H2,1H3;1H2. The Hall–Kier alpha value is -2.38. The van der Waals surface area contributed by atoms with Crippen molar-refractivity contribution < 1.29 is 5.48 Å². The monoisotopic (exact) mass is 276 g/mol. The lowest BCUT2D eigenvalue weighted by atomic mass is 9.99. The second-order valence-electron chi connectivity index (χ2n) is 5.23. The predicted octanol–water partition coefficient (Wildman–Crippen LogP) is 4.43. The molecule has 2 N–H and O–H groups in total. The summed E-state index contributed by atoms with van der Waals surface area (Å²) in [6, 6.07) is 28.1. The lowest BCUT2D eigenvalue weighted by Gasteiger charge is -2.06. The minimum atomic E-state index is 0. The van der Waals surface area contributed by atoms with Crippen molar-refractivity contribution in [3.05, 3.63) is 95.6 Å². The number of benzene rings is 3. The Morgan fingerprint density at radius 2 is 1.29 bits per heavy atom. The average molecular weight is 276 g/mol. The molecule has 3 aromatic rings. The molecule has 0 heterocycles. The third kappa shape index (κ3) is 3.80. The van der Waals surface area contributed by atoms with Gasteiger partial charge in [-0.25, -0.2) is 0 Å². The summed E-state index contributed by atoms with van der Waals surface area (Å²) >= 11 is 0. The molecule has 0 aliphatic heterocycles. The van der Waals surface area contributed by atoms with Crippen LogP contribution < -0.4 is 0 Å². The third-order valence-electron chi connectivity index (χ3n) is 3.56. The molecule has 0 saturated carbocycles. The molecular weight excluding hydrogens is 256 g/mol. The first-order valence-corrected chi connectivity index (χ1v) is 7.01. The summed E-state index contributed by atoms with van der Waals surface area (Å²) in [6.07, 6.45) is 0.987. The molecule has 0 spiro atoms. The van der Waals surface area contributed by atoms with Crippen LogP contribution in [0.2, 0.25) is 0 Å². The summed E-state index contributed by atoms with van der Waals surface area (Å²) in [5, 5.41) is 0. The Morgan fingerprint density at radius 1 is 0.619 bits per heavy atom. The molecule has 0 aliphatic carbocycles. The maximum absolute atomic E-state index is 2.29. The Bertz CT molecular complexity index is 685. The van der Waals surface area contributed by atoms with Crippen LogP contribution in [0.5, 0.6) is 0 Å². The van der Waals surface area contributed by atoms with E-state index < -0.39 is 0 Å². The minimum absolute atomic E-state index is 0. The van der Waals surface area contributed by atoms with Gasteiger partial charge in [-0.3, -0.25) is 0 Å². The van der Waals surface area contributed by atoms with Gasteiger partial charge in [-0.15, -0.1) is 0 Å². The van der Waals surface area contributed by atoms with Gasteiger partial charge in [-0.2, -0.15) is 0 Å². The Labute approximate surface area is 126 Å². The van der Waals surface area contributed by atoms with E-state index in [9.17, 15) is 0 Å². The van der Waals surface area contributed by atoms with Crippen LogP contribution >= 0.6 is 0 Å². The van der Waals surface area contributed by atoms with Crippen LogP contribution in [0.4, 0.5) is 0 Å². The van der Waals surface area contributed by atoms with Crippen molar-refractivity contribution in [1.29, 1.82) is 0 Å². The van der Waals surface area contributed by atoms with Gasteiger partial charge in [-0.05, 0) is 35.6 Å². The van der Waals surface area contributed by atoms with Crippen molar-refractivity contribution in [2.24, 2.45) is 0 Å². The topological polar surface area (TPSA) is 31.5 Å². The Kier molecular flexibility index (Phi) is 4.91. The van der Waals surface area contributed by atoms with Crippen LogP contribution in [0.15, 0.2) is 78.9 Å². The lowest BCUT2D eigenvalue weighted by Crippen LogP contribution is -1.88. The molecule has 0 amide bonds. The summed E-state index contributed by atoms with van der Waals surface area (Å²) in [5.74, 6) is 0. The summed E-state index contributed by atoms with van der Waals surface area (Å²) in [7, 11) is 0. The molecule has 106 valence electrons. The lowest BCUT2D eigenvalue weighted by molar-refractivity contribution is 0.824. The molecule has 0 radical (unpaired) electrons. The van der Waals surface area contributed by atoms with Crippen molar-refractivity contribution in [3.63, 3.8) is 0 Å². The fraction of sp³-hybridized carbons (Fsp3) is 0.100. The smallest absolute Gasteiger partial charge is 0.00256 e. The fourth-order valence-electron chi connectivity index (χ4n) is 2.44. The zero-order chi connectivity index (χ0) is 13.8. The largest absolute Gasteiger partial charge is 0.412 e. The van der Waals surface area contributed by atoms with Gasteiger partial charge >= 0.3 is 0 Å². The molecule has 21 heavy (non-hydrogen) atoms. The zero-order valence-corrected chi connectivity index (χ0v) is 12.2. The van der Waals surface area contributed by atoms with Crippen LogP contribution in [-0.2, 0) is 6.42 Å². The number of aryl methyl sites for hydroxylation is 1. The molecule has 0 atom stereocenters. The second-order valence-corrected chi connectivity index (χ2v) is 5.23. The van der Waals surface area contributed by atoms with Crippen LogP contribution in [0.25, 0.3) is 11.1 Å². The highest BCUT2D eigenvalue weighted by Crippen LogP contribution is 2.22. The van der Waals surface area contributed by atoms with Gasteiger partial charge in [-0.1, -0.05) is 84.4 Å². The summed E-state index contributed by atoms with van der Waals surface area (Å²) in [5.41, 5.74) is 6.58.